The number of amides is 3. The normalized spacial score (nSPS) is 20.2. The Morgan fingerprint density at radius 3 is 2.71 bits per heavy atom. The highest BCUT2D eigenvalue weighted by Crippen LogP contribution is 2.44. The molecule has 6 nitrogen and oxygen atoms in total. The van der Waals surface area contributed by atoms with E-state index in [2.05, 4.69) is 5.32 Å². The minimum absolute atomic E-state index is 0.0479. The first-order valence-electron chi connectivity index (χ1n) is 9.49. The van der Waals surface area contributed by atoms with Crippen LogP contribution in [0.25, 0.3) is 0 Å². The number of nitrogens with zero attached hydrogens (tertiary/aromatic N) is 2. The number of carbonyl (C=O) groups excluding carboxylic acids is 3. The maximum Gasteiger partial charge on any atom is 0.289 e. The van der Waals surface area contributed by atoms with Gasteiger partial charge in [0.1, 0.15) is 12.2 Å². The van der Waals surface area contributed by atoms with Crippen molar-refractivity contribution in [3.05, 3.63) is 53.1 Å². The van der Waals surface area contributed by atoms with E-state index in [9.17, 15) is 23.2 Å². The van der Waals surface area contributed by atoms with Crippen molar-refractivity contribution in [3.63, 3.8) is 0 Å². The molecule has 3 amide bonds. The van der Waals surface area contributed by atoms with Gasteiger partial charge in [-0.05, 0) is 37.6 Å². The molecule has 0 spiro atoms. The van der Waals surface area contributed by atoms with E-state index in [0.717, 1.165) is 0 Å². The lowest BCUT2D eigenvalue weighted by molar-refractivity contribution is -0.120. The number of para-hydroxylation sites is 1. The molecular weight excluding hydrogens is 448 g/mol. The molecule has 1 N–H and O–H groups in total. The van der Waals surface area contributed by atoms with Gasteiger partial charge in [-0.3, -0.25) is 19.3 Å². The molecule has 1 atom stereocenters. The van der Waals surface area contributed by atoms with Gasteiger partial charge in [0.05, 0.1) is 26.9 Å². The molecular formula is C21H18ClF2N3O3S. The lowest BCUT2D eigenvalue weighted by atomic mass is 9.98. The molecule has 1 fully saturated rings. The summed E-state index contributed by atoms with van der Waals surface area (Å²) < 4.78 is 25.8. The standard InChI is InChI=1S/C21H18ClF2N3O3S/c1-21-10-9-17(29)27(21)15-8-3-2-5-12(15)19(30)26(21)11-16(28)25-14-7-4-6-13(22)18(14)31-20(23)24/h2-8,20H,9-11H2,1H3,(H,25,28). The van der Waals surface area contributed by atoms with Crippen molar-refractivity contribution in [1.82, 2.24) is 4.90 Å². The lowest BCUT2D eigenvalue weighted by Gasteiger charge is -2.48. The average Bonchev–Trinajstić information content (AvgIpc) is 3.03. The fourth-order valence-electron chi connectivity index (χ4n) is 4.09. The minimum atomic E-state index is -2.72. The Labute approximate surface area is 186 Å². The predicted molar refractivity (Wildman–Crippen MR) is 115 cm³/mol. The fraction of sp³-hybridized carbons (Fsp3) is 0.286. The second kappa shape index (κ2) is 8.12. The SMILES string of the molecule is CC12CCC(=O)N1c1ccccc1C(=O)N2CC(=O)Nc1cccc(Cl)c1SC(F)F. The number of anilines is 2. The molecule has 4 rings (SSSR count). The Morgan fingerprint density at radius 2 is 1.97 bits per heavy atom. The summed E-state index contributed by atoms with van der Waals surface area (Å²) in [6.45, 7) is 1.40. The van der Waals surface area contributed by atoms with Crippen molar-refractivity contribution in [1.29, 1.82) is 0 Å². The van der Waals surface area contributed by atoms with Crippen LogP contribution in [0, 0.1) is 0 Å². The summed E-state index contributed by atoms with van der Waals surface area (Å²) in [5, 5.41) is 2.67. The van der Waals surface area contributed by atoms with Crippen LogP contribution in [0.3, 0.4) is 0 Å². The largest absolute Gasteiger partial charge is 0.323 e. The molecule has 2 aliphatic rings. The van der Waals surface area contributed by atoms with Crippen LogP contribution >= 0.6 is 23.4 Å². The molecule has 0 radical (unpaired) electrons. The van der Waals surface area contributed by atoms with E-state index >= 15 is 0 Å². The minimum Gasteiger partial charge on any atom is -0.323 e. The van der Waals surface area contributed by atoms with Gasteiger partial charge in [-0.15, -0.1) is 0 Å². The van der Waals surface area contributed by atoms with Crippen molar-refractivity contribution in [2.75, 3.05) is 16.8 Å². The Morgan fingerprint density at radius 1 is 1.23 bits per heavy atom. The lowest BCUT2D eigenvalue weighted by Crippen LogP contribution is -2.63. The van der Waals surface area contributed by atoms with Gasteiger partial charge in [0, 0.05) is 6.42 Å². The maximum atomic E-state index is 13.2. The van der Waals surface area contributed by atoms with Crippen LogP contribution < -0.4 is 10.2 Å². The summed E-state index contributed by atoms with van der Waals surface area (Å²) in [6, 6.07) is 11.2. The molecule has 0 aromatic heterocycles. The van der Waals surface area contributed by atoms with Crippen molar-refractivity contribution in [2.45, 2.75) is 36.1 Å². The predicted octanol–water partition coefficient (Wildman–Crippen LogP) is 4.59. The van der Waals surface area contributed by atoms with Gasteiger partial charge in [0.2, 0.25) is 11.8 Å². The Bertz CT molecular complexity index is 1080. The highest BCUT2D eigenvalue weighted by atomic mass is 35.5. The number of hydrogen-bond donors (Lipinski definition) is 1. The topological polar surface area (TPSA) is 69.7 Å². The van der Waals surface area contributed by atoms with Crippen molar-refractivity contribution >= 4 is 52.5 Å². The van der Waals surface area contributed by atoms with E-state index in [-0.39, 0.29) is 52.1 Å². The van der Waals surface area contributed by atoms with Crippen molar-refractivity contribution < 1.29 is 23.2 Å². The fourth-order valence-corrected chi connectivity index (χ4v) is 5.00. The molecule has 0 aliphatic carbocycles. The Kier molecular flexibility index (Phi) is 5.65. The van der Waals surface area contributed by atoms with Crippen LogP contribution in [0.15, 0.2) is 47.4 Å². The summed E-state index contributed by atoms with van der Waals surface area (Å²) in [5.74, 6) is -3.79. The van der Waals surface area contributed by atoms with Crippen molar-refractivity contribution in [2.24, 2.45) is 0 Å². The van der Waals surface area contributed by atoms with Crippen LogP contribution in [0.5, 0.6) is 0 Å². The van der Waals surface area contributed by atoms with Gasteiger partial charge in [0.15, 0.2) is 0 Å². The number of fused-ring (bicyclic) bond motifs is 3. The summed E-state index contributed by atoms with van der Waals surface area (Å²) in [5.41, 5.74) is 0.00545. The number of thioether (sulfide) groups is 1. The third kappa shape index (κ3) is 3.76. The second-order valence-corrected chi connectivity index (χ2v) is 8.81. The third-order valence-corrected chi connectivity index (χ3v) is 6.78. The van der Waals surface area contributed by atoms with Gasteiger partial charge in [-0.25, -0.2) is 0 Å². The number of rotatable bonds is 5. The first kappa shape index (κ1) is 21.6. The van der Waals surface area contributed by atoms with Gasteiger partial charge in [0.25, 0.3) is 11.7 Å². The zero-order valence-corrected chi connectivity index (χ0v) is 18.0. The number of carbonyl (C=O) groups is 3. The van der Waals surface area contributed by atoms with Crippen LogP contribution in [0.1, 0.15) is 30.1 Å². The molecule has 0 bridgehead atoms. The number of nitrogens with one attached hydrogen (secondary N) is 1. The van der Waals surface area contributed by atoms with E-state index in [0.29, 0.717) is 17.7 Å². The van der Waals surface area contributed by atoms with Crippen LogP contribution in [0.4, 0.5) is 20.2 Å². The Hall–Kier alpha value is -2.65. The summed E-state index contributed by atoms with van der Waals surface area (Å²) in [7, 11) is 0. The van der Waals surface area contributed by atoms with E-state index in [1.54, 1.807) is 36.1 Å². The summed E-state index contributed by atoms with van der Waals surface area (Å²) in [6.07, 6.45) is 0.628. The van der Waals surface area contributed by atoms with Gasteiger partial charge >= 0.3 is 0 Å². The molecule has 2 aliphatic heterocycles. The highest BCUT2D eigenvalue weighted by molar-refractivity contribution is 7.99. The number of alkyl halides is 2. The smallest absolute Gasteiger partial charge is 0.289 e. The van der Waals surface area contributed by atoms with Crippen LogP contribution in [-0.4, -0.2) is 40.6 Å². The van der Waals surface area contributed by atoms with E-state index in [4.69, 9.17) is 11.6 Å². The van der Waals surface area contributed by atoms with Gasteiger partial charge in [-0.1, -0.05) is 41.6 Å². The summed E-state index contributed by atoms with van der Waals surface area (Å²) >= 11 is 6.26. The number of benzene rings is 2. The molecule has 1 saturated heterocycles. The summed E-state index contributed by atoms with van der Waals surface area (Å²) in [4.78, 5) is 41.6. The molecule has 31 heavy (non-hydrogen) atoms. The average molecular weight is 466 g/mol. The number of hydrogen-bond acceptors (Lipinski definition) is 4. The molecule has 162 valence electrons. The molecule has 2 aromatic rings. The quantitative estimate of drug-likeness (QED) is 0.655. The zero-order valence-electron chi connectivity index (χ0n) is 16.4. The second-order valence-electron chi connectivity index (χ2n) is 7.40. The van der Waals surface area contributed by atoms with Gasteiger partial charge < -0.3 is 10.2 Å². The molecule has 2 heterocycles. The molecule has 0 saturated carbocycles. The maximum absolute atomic E-state index is 13.2. The van der Waals surface area contributed by atoms with Crippen LogP contribution in [-0.2, 0) is 9.59 Å². The van der Waals surface area contributed by atoms with Crippen molar-refractivity contribution in [3.8, 4) is 0 Å². The first-order valence-corrected chi connectivity index (χ1v) is 10.8. The highest BCUT2D eigenvalue weighted by Gasteiger charge is 2.53. The third-order valence-electron chi connectivity index (χ3n) is 5.50. The molecule has 10 heteroatoms. The zero-order chi connectivity index (χ0) is 22.3. The van der Waals surface area contributed by atoms with Gasteiger partial charge in [-0.2, -0.15) is 8.78 Å². The number of halogens is 3. The molecule has 1 unspecified atom stereocenters. The first-order chi connectivity index (χ1) is 14.7. The van der Waals surface area contributed by atoms with Crippen LogP contribution in [0.2, 0.25) is 5.02 Å². The van der Waals surface area contributed by atoms with E-state index in [1.807, 2.05) is 0 Å². The monoisotopic (exact) mass is 465 g/mol. The van der Waals surface area contributed by atoms with E-state index < -0.39 is 17.3 Å². The van der Waals surface area contributed by atoms with E-state index in [1.165, 1.54) is 23.1 Å². The Balaban J connectivity index is 1.63. The molecule has 2 aromatic carbocycles.